The highest BCUT2D eigenvalue weighted by atomic mass is 16.5. The molecule has 0 spiro atoms. The zero-order valence-electron chi connectivity index (χ0n) is 11.3. The molecule has 1 aliphatic rings. The van der Waals surface area contributed by atoms with Crippen molar-refractivity contribution in [1.29, 1.82) is 0 Å². The molecule has 0 unspecified atom stereocenters. The van der Waals surface area contributed by atoms with Crippen molar-refractivity contribution in [3.05, 3.63) is 24.5 Å². The lowest BCUT2D eigenvalue weighted by molar-refractivity contribution is 0.122. The van der Waals surface area contributed by atoms with Crippen LogP contribution in [0.2, 0.25) is 0 Å². The molecule has 4 rings (SSSR count). The fourth-order valence-corrected chi connectivity index (χ4v) is 2.36. The summed E-state index contributed by atoms with van der Waals surface area (Å²) < 4.78 is 12.2. The van der Waals surface area contributed by atoms with Crippen LogP contribution in [0.1, 0.15) is 0 Å². The Morgan fingerprint density at radius 3 is 2.81 bits per heavy atom. The lowest BCUT2D eigenvalue weighted by Gasteiger charge is -2.27. The maximum Gasteiger partial charge on any atom is 0.225 e. The molecule has 0 saturated carbocycles. The fraction of sp³-hybridized carbons (Fsp3) is 0.308. The minimum atomic E-state index is 0.305. The number of hydrogen-bond acceptors (Lipinski definition) is 7. The van der Waals surface area contributed by atoms with Gasteiger partial charge in [0.25, 0.3) is 0 Å². The Labute approximate surface area is 120 Å². The number of nitrogen functional groups attached to an aromatic ring is 1. The van der Waals surface area contributed by atoms with Crippen LogP contribution in [-0.4, -0.2) is 45.9 Å². The minimum absolute atomic E-state index is 0.305. The predicted molar refractivity (Wildman–Crippen MR) is 75.9 cm³/mol. The van der Waals surface area contributed by atoms with Gasteiger partial charge >= 0.3 is 0 Å². The Morgan fingerprint density at radius 2 is 2.05 bits per heavy atom. The number of anilines is 2. The number of furan rings is 1. The number of aromatic nitrogens is 4. The molecular formula is C13H14N6O2. The second-order valence-electron chi connectivity index (χ2n) is 4.75. The number of nitrogens with two attached hydrogens (primary N) is 1. The zero-order chi connectivity index (χ0) is 14.2. The predicted octanol–water partition coefficient (Wildman–Crippen LogP) is 0.803. The van der Waals surface area contributed by atoms with Crippen LogP contribution in [0.15, 0.2) is 28.9 Å². The third-order valence-corrected chi connectivity index (χ3v) is 3.41. The van der Waals surface area contributed by atoms with Crippen LogP contribution in [0.5, 0.6) is 0 Å². The number of hydrogen-bond donors (Lipinski definition) is 1. The van der Waals surface area contributed by atoms with Crippen LogP contribution < -0.4 is 10.6 Å². The number of fused-ring (bicyclic) bond motifs is 1. The fourth-order valence-electron chi connectivity index (χ4n) is 2.36. The molecule has 2 N–H and O–H groups in total. The molecular weight excluding hydrogens is 272 g/mol. The van der Waals surface area contributed by atoms with Crippen molar-refractivity contribution in [2.45, 2.75) is 0 Å². The molecule has 3 aromatic heterocycles. The summed E-state index contributed by atoms with van der Waals surface area (Å²) >= 11 is 0. The normalized spacial score (nSPS) is 15.7. The number of morpholine rings is 1. The molecule has 8 heteroatoms. The van der Waals surface area contributed by atoms with Crippen molar-refractivity contribution in [3.8, 4) is 11.6 Å². The number of ether oxygens (including phenoxy) is 1. The Kier molecular flexibility index (Phi) is 2.74. The summed E-state index contributed by atoms with van der Waals surface area (Å²) in [5, 5.41) is 4.32. The molecule has 0 bridgehead atoms. The van der Waals surface area contributed by atoms with Gasteiger partial charge in [-0.2, -0.15) is 9.50 Å². The maximum absolute atomic E-state index is 5.99. The van der Waals surface area contributed by atoms with E-state index in [1.54, 1.807) is 18.4 Å². The number of nitrogens with zero attached hydrogens (tertiary/aromatic N) is 5. The van der Waals surface area contributed by atoms with Gasteiger partial charge in [-0.1, -0.05) is 0 Å². The largest absolute Gasteiger partial charge is 0.461 e. The molecule has 0 aromatic carbocycles. The molecule has 1 fully saturated rings. The highest BCUT2D eigenvalue weighted by Crippen LogP contribution is 2.21. The molecule has 0 radical (unpaired) electrons. The summed E-state index contributed by atoms with van der Waals surface area (Å²) in [6.45, 7) is 2.97. The summed E-state index contributed by atoms with van der Waals surface area (Å²) in [6.07, 6.45) is 1.59. The quantitative estimate of drug-likeness (QED) is 0.744. The van der Waals surface area contributed by atoms with E-state index in [1.807, 2.05) is 6.07 Å². The van der Waals surface area contributed by atoms with Crippen molar-refractivity contribution >= 4 is 17.4 Å². The lowest BCUT2D eigenvalue weighted by Crippen LogP contribution is -2.37. The average Bonchev–Trinajstić information content (AvgIpc) is 3.17. The summed E-state index contributed by atoms with van der Waals surface area (Å²) in [4.78, 5) is 11.0. The van der Waals surface area contributed by atoms with Crippen molar-refractivity contribution in [2.24, 2.45) is 0 Å². The van der Waals surface area contributed by atoms with Crippen LogP contribution in [-0.2, 0) is 4.74 Å². The average molecular weight is 286 g/mol. The number of rotatable bonds is 2. The van der Waals surface area contributed by atoms with Gasteiger partial charge in [-0.25, -0.2) is 4.98 Å². The van der Waals surface area contributed by atoms with Crippen molar-refractivity contribution in [2.75, 3.05) is 36.9 Å². The van der Waals surface area contributed by atoms with E-state index in [4.69, 9.17) is 14.9 Å². The molecule has 1 aliphatic heterocycles. The first-order valence-corrected chi connectivity index (χ1v) is 6.71. The van der Waals surface area contributed by atoms with Crippen molar-refractivity contribution < 1.29 is 9.15 Å². The zero-order valence-corrected chi connectivity index (χ0v) is 11.3. The van der Waals surface area contributed by atoms with Gasteiger partial charge in [-0.15, -0.1) is 5.10 Å². The smallest absolute Gasteiger partial charge is 0.225 e. The first-order chi connectivity index (χ1) is 10.3. The first-order valence-electron chi connectivity index (χ1n) is 6.71. The first kappa shape index (κ1) is 12.2. The van der Waals surface area contributed by atoms with Crippen molar-refractivity contribution in [1.82, 2.24) is 19.6 Å². The van der Waals surface area contributed by atoms with Gasteiger partial charge in [0.1, 0.15) is 5.82 Å². The standard InChI is InChI=1S/C13H14N6O2/c14-13-16-10(18-3-6-20-7-4-18)8-11-15-12(17-19(11)13)9-2-1-5-21-9/h1-2,5,8H,3-4,6-7H2,(H2,14,16). The maximum atomic E-state index is 5.99. The van der Waals surface area contributed by atoms with E-state index in [2.05, 4.69) is 20.0 Å². The minimum Gasteiger partial charge on any atom is -0.461 e. The second kappa shape index (κ2) is 4.74. The van der Waals surface area contributed by atoms with Crippen molar-refractivity contribution in [3.63, 3.8) is 0 Å². The van der Waals surface area contributed by atoms with Crippen LogP contribution >= 0.6 is 0 Å². The molecule has 3 aromatic rings. The van der Waals surface area contributed by atoms with E-state index >= 15 is 0 Å². The van der Waals surface area contributed by atoms with Crippen LogP contribution in [0, 0.1) is 0 Å². The van der Waals surface area contributed by atoms with E-state index in [1.165, 1.54) is 4.52 Å². The van der Waals surface area contributed by atoms with Gasteiger partial charge in [-0.05, 0) is 12.1 Å². The molecule has 108 valence electrons. The molecule has 0 amide bonds. The van der Waals surface area contributed by atoms with Gasteiger partial charge in [0, 0.05) is 19.2 Å². The van der Waals surface area contributed by atoms with Crippen LogP contribution in [0.4, 0.5) is 11.8 Å². The van der Waals surface area contributed by atoms with Gasteiger partial charge in [0.2, 0.25) is 11.8 Å². The summed E-state index contributed by atoms with van der Waals surface area (Å²) in [5.74, 6) is 2.19. The van der Waals surface area contributed by atoms with Crippen LogP contribution in [0.3, 0.4) is 0 Å². The van der Waals surface area contributed by atoms with Gasteiger partial charge in [0.15, 0.2) is 11.4 Å². The third-order valence-electron chi connectivity index (χ3n) is 3.41. The van der Waals surface area contributed by atoms with E-state index in [0.29, 0.717) is 36.4 Å². The molecule has 0 atom stereocenters. The molecule has 4 heterocycles. The van der Waals surface area contributed by atoms with E-state index in [-0.39, 0.29) is 0 Å². The Hall–Kier alpha value is -2.61. The van der Waals surface area contributed by atoms with Gasteiger partial charge in [-0.3, -0.25) is 0 Å². The summed E-state index contributed by atoms with van der Waals surface area (Å²) in [6, 6.07) is 5.48. The van der Waals surface area contributed by atoms with Crippen LogP contribution in [0.25, 0.3) is 17.2 Å². The Bertz CT molecular complexity index is 760. The highest BCUT2D eigenvalue weighted by molar-refractivity contribution is 5.59. The Balaban J connectivity index is 1.78. The summed E-state index contributed by atoms with van der Waals surface area (Å²) in [7, 11) is 0. The second-order valence-corrected chi connectivity index (χ2v) is 4.75. The SMILES string of the molecule is Nc1nc(N2CCOCC2)cc2nc(-c3ccco3)nn12. The Morgan fingerprint density at radius 1 is 1.19 bits per heavy atom. The molecule has 21 heavy (non-hydrogen) atoms. The lowest BCUT2D eigenvalue weighted by atomic mass is 10.4. The molecule has 8 nitrogen and oxygen atoms in total. The summed E-state index contributed by atoms with van der Waals surface area (Å²) in [5.41, 5.74) is 6.64. The molecule has 1 saturated heterocycles. The molecule has 0 aliphatic carbocycles. The van der Waals surface area contributed by atoms with E-state index in [0.717, 1.165) is 18.9 Å². The van der Waals surface area contributed by atoms with Gasteiger partial charge < -0.3 is 19.8 Å². The van der Waals surface area contributed by atoms with E-state index < -0.39 is 0 Å². The monoisotopic (exact) mass is 286 g/mol. The third kappa shape index (κ3) is 2.09. The topological polar surface area (TPSA) is 94.7 Å². The van der Waals surface area contributed by atoms with E-state index in [9.17, 15) is 0 Å². The highest BCUT2D eigenvalue weighted by Gasteiger charge is 2.17. The van der Waals surface area contributed by atoms with Gasteiger partial charge in [0.05, 0.1) is 19.5 Å².